The van der Waals surface area contributed by atoms with Gasteiger partial charge in [0.15, 0.2) is 0 Å². The van der Waals surface area contributed by atoms with Crippen LogP contribution in [-0.2, 0) is 4.79 Å². The third-order valence-corrected chi connectivity index (χ3v) is 3.43. The largest absolute Gasteiger partial charge is 0.303 e. The molecule has 0 heterocycles. The van der Waals surface area contributed by atoms with Gasteiger partial charge < -0.3 is 4.79 Å². The van der Waals surface area contributed by atoms with E-state index in [9.17, 15) is 4.79 Å². The van der Waals surface area contributed by atoms with Gasteiger partial charge in [-0.2, -0.15) is 0 Å². The molecule has 0 aliphatic heterocycles. The van der Waals surface area contributed by atoms with Crippen molar-refractivity contribution in [1.82, 2.24) is 0 Å². The van der Waals surface area contributed by atoms with E-state index in [1.54, 1.807) is 0 Å². The summed E-state index contributed by atoms with van der Waals surface area (Å²) in [5, 5.41) is 0. The molecule has 0 aliphatic carbocycles. The van der Waals surface area contributed by atoms with Crippen molar-refractivity contribution in [2.24, 2.45) is 11.3 Å². The maximum Gasteiger partial charge on any atom is 0.122 e. The summed E-state index contributed by atoms with van der Waals surface area (Å²) in [5.41, 5.74) is 1.71. The summed E-state index contributed by atoms with van der Waals surface area (Å²) in [6, 6.07) is 0. The summed E-state index contributed by atoms with van der Waals surface area (Å²) < 4.78 is 0. The summed E-state index contributed by atoms with van der Waals surface area (Å²) in [5.74, 6) is 0.190. The second-order valence-electron chi connectivity index (χ2n) is 5.01. The quantitative estimate of drug-likeness (QED) is 0.450. The van der Waals surface area contributed by atoms with Crippen LogP contribution in [0.25, 0.3) is 0 Å². The van der Waals surface area contributed by atoms with E-state index in [-0.39, 0.29) is 5.92 Å². The van der Waals surface area contributed by atoms with E-state index in [2.05, 4.69) is 33.8 Å². The van der Waals surface area contributed by atoms with Gasteiger partial charge in [-0.3, -0.25) is 0 Å². The topological polar surface area (TPSA) is 17.1 Å². The zero-order chi connectivity index (χ0) is 11.9. The first-order valence-corrected chi connectivity index (χ1v) is 6.08. The molecule has 0 bridgehead atoms. The molecule has 15 heavy (non-hydrogen) atoms. The highest BCUT2D eigenvalue weighted by molar-refractivity contribution is 5.52. The lowest BCUT2D eigenvalue weighted by Crippen LogP contribution is -2.22. The van der Waals surface area contributed by atoms with Gasteiger partial charge in [-0.05, 0) is 32.1 Å². The van der Waals surface area contributed by atoms with Crippen molar-refractivity contribution in [1.29, 1.82) is 0 Å². The average Bonchev–Trinajstić information content (AvgIpc) is 2.24. The minimum atomic E-state index is 0.190. The van der Waals surface area contributed by atoms with Crippen LogP contribution < -0.4 is 0 Å². The number of aldehydes is 1. The van der Waals surface area contributed by atoms with Crippen LogP contribution in [0.3, 0.4) is 0 Å². The van der Waals surface area contributed by atoms with E-state index in [0.29, 0.717) is 5.41 Å². The highest BCUT2D eigenvalue weighted by atomic mass is 16.1. The van der Waals surface area contributed by atoms with Crippen molar-refractivity contribution in [2.45, 2.75) is 60.3 Å². The zero-order valence-electron chi connectivity index (χ0n) is 11.0. The van der Waals surface area contributed by atoms with Gasteiger partial charge in [-0.1, -0.05) is 45.3 Å². The lowest BCUT2D eigenvalue weighted by Gasteiger charge is -2.32. The first kappa shape index (κ1) is 14.4. The van der Waals surface area contributed by atoms with Gasteiger partial charge in [-0.15, -0.1) is 0 Å². The van der Waals surface area contributed by atoms with E-state index in [1.165, 1.54) is 5.57 Å². The standard InChI is InChI=1S/C14H26O/c1-6-14(7-2,9-8-12(3)4)10-13(5)11-15/h8,11,13H,6-7,9-10H2,1-5H3. The molecule has 0 aromatic heterocycles. The fraction of sp³-hybridized carbons (Fsp3) is 0.786. The zero-order valence-corrected chi connectivity index (χ0v) is 11.0. The Balaban J connectivity index is 4.56. The predicted octanol–water partition coefficient (Wildman–Crippen LogP) is 4.37. The van der Waals surface area contributed by atoms with Crippen molar-refractivity contribution in [2.75, 3.05) is 0 Å². The van der Waals surface area contributed by atoms with Crippen LogP contribution in [0.5, 0.6) is 0 Å². The minimum Gasteiger partial charge on any atom is -0.303 e. The van der Waals surface area contributed by atoms with Crippen molar-refractivity contribution >= 4 is 6.29 Å². The SMILES string of the molecule is CCC(CC)(CC=C(C)C)CC(C)C=O. The maximum absolute atomic E-state index is 10.7. The average molecular weight is 210 g/mol. The molecule has 0 aromatic carbocycles. The normalized spacial score (nSPS) is 13.4. The third-order valence-electron chi connectivity index (χ3n) is 3.43. The Morgan fingerprint density at radius 1 is 1.27 bits per heavy atom. The maximum atomic E-state index is 10.7. The summed E-state index contributed by atoms with van der Waals surface area (Å²) in [6.45, 7) is 10.8. The smallest absolute Gasteiger partial charge is 0.122 e. The molecule has 88 valence electrons. The van der Waals surface area contributed by atoms with Gasteiger partial charge in [0, 0.05) is 5.92 Å². The fourth-order valence-electron chi connectivity index (χ4n) is 2.06. The number of carbonyl (C=O) groups is 1. The van der Waals surface area contributed by atoms with Crippen molar-refractivity contribution in [3.8, 4) is 0 Å². The first-order valence-electron chi connectivity index (χ1n) is 6.08. The van der Waals surface area contributed by atoms with Crippen molar-refractivity contribution < 1.29 is 4.79 Å². The summed E-state index contributed by atoms with van der Waals surface area (Å²) in [4.78, 5) is 10.7. The number of hydrogen-bond donors (Lipinski definition) is 0. The predicted molar refractivity (Wildman–Crippen MR) is 66.9 cm³/mol. The molecule has 1 unspecified atom stereocenters. The Hall–Kier alpha value is -0.590. The Kier molecular flexibility index (Phi) is 6.55. The molecule has 0 rings (SSSR count). The van der Waals surface area contributed by atoms with Gasteiger partial charge in [0.2, 0.25) is 0 Å². The molecule has 0 spiro atoms. The van der Waals surface area contributed by atoms with E-state index < -0.39 is 0 Å². The van der Waals surface area contributed by atoms with Crippen molar-refractivity contribution in [3.63, 3.8) is 0 Å². The summed E-state index contributed by atoms with van der Waals surface area (Å²) >= 11 is 0. The van der Waals surface area contributed by atoms with E-state index in [0.717, 1.165) is 32.0 Å². The monoisotopic (exact) mass is 210 g/mol. The van der Waals surface area contributed by atoms with Gasteiger partial charge in [0.1, 0.15) is 6.29 Å². The Morgan fingerprint density at radius 2 is 1.80 bits per heavy atom. The van der Waals surface area contributed by atoms with Gasteiger partial charge >= 0.3 is 0 Å². The molecular weight excluding hydrogens is 184 g/mol. The summed E-state index contributed by atoms with van der Waals surface area (Å²) in [6.07, 6.45) is 7.85. The molecule has 0 aliphatic rings. The molecule has 0 saturated heterocycles. The minimum absolute atomic E-state index is 0.190. The van der Waals surface area contributed by atoms with Crippen LogP contribution in [-0.4, -0.2) is 6.29 Å². The van der Waals surface area contributed by atoms with Crippen LogP contribution in [0.2, 0.25) is 0 Å². The molecule has 0 aromatic rings. The van der Waals surface area contributed by atoms with E-state index in [1.807, 2.05) is 6.92 Å². The number of allylic oxidation sites excluding steroid dienone is 2. The number of rotatable bonds is 7. The van der Waals surface area contributed by atoms with Crippen LogP contribution >= 0.6 is 0 Å². The summed E-state index contributed by atoms with van der Waals surface area (Å²) in [7, 11) is 0. The first-order chi connectivity index (χ1) is 6.99. The van der Waals surface area contributed by atoms with Crippen LogP contribution in [0, 0.1) is 11.3 Å². The Morgan fingerprint density at radius 3 is 2.13 bits per heavy atom. The van der Waals surface area contributed by atoms with Gasteiger partial charge in [-0.25, -0.2) is 0 Å². The second kappa shape index (κ2) is 6.81. The molecule has 1 nitrogen and oxygen atoms in total. The number of hydrogen-bond acceptors (Lipinski definition) is 1. The van der Waals surface area contributed by atoms with Gasteiger partial charge in [0.25, 0.3) is 0 Å². The van der Waals surface area contributed by atoms with E-state index >= 15 is 0 Å². The molecule has 1 heteroatoms. The lowest BCUT2D eigenvalue weighted by molar-refractivity contribution is -0.111. The third kappa shape index (κ3) is 5.15. The highest BCUT2D eigenvalue weighted by Crippen LogP contribution is 2.37. The van der Waals surface area contributed by atoms with E-state index in [4.69, 9.17) is 0 Å². The molecule has 0 N–H and O–H groups in total. The Bertz CT molecular complexity index is 207. The molecule has 0 fully saturated rings. The molecule has 0 radical (unpaired) electrons. The fourth-order valence-corrected chi connectivity index (χ4v) is 2.06. The van der Waals surface area contributed by atoms with Gasteiger partial charge in [0.05, 0.1) is 0 Å². The molecular formula is C14H26O. The van der Waals surface area contributed by atoms with Crippen LogP contribution in [0.15, 0.2) is 11.6 Å². The van der Waals surface area contributed by atoms with Crippen LogP contribution in [0.4, 0.5) is 0 Å². The van der Waals surface area contributed by atoms with Crippen LogP contribution in [0.1, 0.15) is 60.3 Å². The molecule has 0 amide bonds. The molecule has 0 saturated carbocycles. The number of carbonyl (C=O) groups excluding carboxylic acids is 1. The Labute approximate surface area is 95.0 Å². The lowest BCUT2D eigenvalue weighted by atomic mass is 9.73. The van der Waals surface area contributed by atoms with Crippen molar-refractivity contribution in [3.05, 3.63) is 11.6 Å². The highest BCUT2D eigenvalue weighted by Gasteiger charge is 2.26. The molecule has 1 atom stereocenters. The second-order valence-corrected chi connectivity index (χ2v) is 5.01.